The Bertz CT molecular complexity index is 1650. The van der Waals surface area contributed by atoms with Crippen LogP contribution in [0.2, 0.25) is 0 Å². The number of aryl methyl sites for hydroxylation is 1. The quantitative estimate of drug-likeness (QED) is 0.339. The second-order valence-electron chi connectivity index (χ2n) is 8.30. The number of fused-ring (bicyclic) bond motifs is 3. The third-order valence-corrected chi connectivity index (χ3v) is 7.63. The topological polar surface area (TPSA) is 150 Å². The molecule has 1 aliphatic rings. The highest BCUT2D eigenvalue weighted by Crippen LogP contribution is 2.38. The van der Waals surface area contributed by atoms with Crippen molar-refractivity contribution in [2.24, 2.45) is 10.9 Å². The number of primary sulfonamides is 1. The molecular weight excluding hydrogens is 546 g/mol. The number of nitrogens with two attached hydrogens (primary N) is 2. The number of hydrogen-bond acceptors (Lipinski definition) is 5. The zero-order valence-electron chi connectivity index (χ0n) is 18.7. The number of amides is 2. The number of aromatic nitrogens is 2. The lowest BCUT2D eigenvalue weighted by Crippen LogP contribution is -2.15. The van der Waals surface area contributed by atoms with Crippen LogP contribution in [0, 0.1) is 0 Å². The molecule has 5 N–H and O–H groups in total. The number of primary amides is 1. The van der Waals surface area contributed by atoms with E-state index in [4.69, 9.17) is 10.9 Å². The first-order chi connectivity index (χ1) is 17.1. The van der Waals surface area contributed by atoms with Crippen molar-refractivity contribution >= 4 is 43.5 Å². The monoisotopic (exact) mass is 565 g/mol. The third-order valence-electron chi connectivity index (χ3n) is 6.01. The molecule has 9 nitrogen and oxygen atoms in total. The van der Waals surface area contributed by atoms with Gasteiger partial charge in [-0.2, -0.15) is 5.10 Å². The zero-order valence-corrected chi connectivity index (χ0v) is 21.1. The highest BCUT2D eigenvalue weighted by molar-refractivity contribution is 9.10. The van der Waals surface area contributed by atoms with Crippen LogP contribution in [0.4, 0.5) is 5.69 Å². The lowest BCUT2D eigenvalue weighted by Gasteiger charge is -2.20. The lowest BCUT2D eigenvalue weighted by atomic mass is 9.88. The van der Waals surface area contributed by atoms with E-state index in [1.54, 1.807) is 35.0 Å². The van der Waals surface area contributed by atoms with Crippen molar-refractivity contribution < 1.29 is 18.0 Å². The first kappa shape index (κ1) is 23.9. The van der Waals surface area contributed by atoms with Crippen LogP contribution >= 0.6 is 15.9 Å². The number of halogens is 1. The molecule has 2 amide bonds. The predicted octanol–water partition coefficient (Wildman–Crippen LogP) is 3.40. The molecule has 0 atom stereocenters. The summed E-state index contributed by atoms with van der Waals surface area (Å²) in [5, 5.41) is 12.6. The van der Waals surface area contributed by atoms with E-state index in [1.165, 1.54) is 12.1 Å². The Balaban J connectivity index is 1.61. The first-order valence-corrected chi connectivity index (χ1v) is 13.2. The number of rotatable bonds is 5. The molecule has 1 heterocycles. The van der Waals surface area contributed by atoms with Gasteiger partial charge in [0.15, 0.2) is 5.69 Å². The number of carbonyl (C=O) groups is 2. The van der Waals surface area contributed by atoms with Gasteiger partial charge in [-0.15, -0.1) is 0 Å². The smallest absolute Gasteiger partial charge is 0.269 e. The van der Waals surface area contributed by atoms with Gasteiger partial charge in [-0.05, 0) is 82.9 Å². The summed E-state index contributed by atoms with van der Waals surface area (Å²) in [6.45, 7) is 0. The van der Waals surface area contributed by atoms with Gasteiger partial charge < -0.3 is 11.1 Å². The second kappa shape index (κ2) is 9.01. The van der Waals surface area contributed by atoms with Crippen molar-refractivity contribution in [1.29, 1.82) is 0 Å². The fraction of sp³-hybridized carbons (Fsp3) is 0.0800. The van der Waals surface area contributed by atoms with Gasteiger partial charge in [0.05, 0.1) is 21.8 Å². The molecule has 1 aliphatic carbocycles. The predicted molar refractivity (Wildman–Crippen MR) is 138 cm³/mol. The fourth-order valence-electron chi connectivity index (χ4n) is 4.32. The summed E-state index contributed by atoms with van der Waals surface area (Å²) in [4.78, 5) is 25.0. The summed E-state index contributed by atoms with van der Waals surface area (Å²) in [6.07, 6.45) is 1.22. The van der Waals surface area contributed by atoms with Crippen molar-refractivity contribution in [2.45, 2.75) is 17.7 Å². The van der Waals surface area contributed by atoms with Crippen LogP contribution < -0.4 is 16.2 Å². The van der Waals surface area contributed by atoms with E-state index in [1.807, 2.05) is 24.3 Å². The number of carbonyl (C=O) groups excluding carboxylic acids is 2. The molecule has 0 spiro atoms. The Morgan fingerprint density at radius 3 is 2.39 bits per heavy atom. The highest BCUT2D eigenvalue weighted by atomic mass is 79.9. The van der Waals surface area contributed by atoms with Crippen LogP contribution in [0.15, 0.2) is 76.1 Å². The van der Waals surface area contributed by atoms with E-state index >= 15 is 0 Å². The van der Waals surface area contributed by atoms with Crippen LogP contribution in [0.3, 0.4) is 0 Å². The van der Waals surface area contributed by atoms with Gasteiger partial charge >= 0.3 is 0 Å². The molecule has 182 valence electrons. The van der Waals surface area contributed by atoms with Crippen molar-refractivity contribution in [1.82, 2.24) is 9.78 Å². The zero-order chi connectivity index (χ0) is 25.6. The van der Waals surface area contributed by atoms with E-state index in [2.05, 4.69) is 26.3 Å². The Morgan fingerprint density at radius 1 is 1.00 bits per heavy atom. The van der Waals surface area contributed by atoms with Gasteiger partial charge in [-0.1, -0.05) is 18.2 Å². The molecule has 11 heteroatoms. The number of anilines is 1. The maximum absolute atomic E-state index is 12.9. The molecule has 4 aromatic rings. The Hall–Kier alpha value is -3.80. The lowest BCUT2D eigenvalue weighted by molar-refractivity contribution is 0.0992. The Morgan fingerprint density at radius 2 is 1.72 bits per heavy atom. The second-order valence-corrected chi connectivity index (χ2v) is 10.7. The van der Waals surface area contributed by atoms with Gasteiger partial charge in [0.1, 0.15) is 0 Å². The van der Waals surface area contributed by atoms with Crippen molar-refractivity contribution in [3.05, 3.63) is 93.6 Å². The molecule has 36 heavy (non-hydrogen) atoms. The van der Waals surface area contributed by atoms with E-state index in [0.29, 0.717) is 45.5 Å². The van der Waals surface area contributed by atoms with E-state index < -0.39 is 15.9 Å². The maximum atomic E-state index is 12.9. The molecule has 0 radical (unpaired) electrons. The molecule has 0 saturated carbocycles. The molecule has 0 saturated heterocycles. The molecule has 0 bridgehead atoms. The van der Waals surface area contributed by atoms with E-state index in [-0.39, 0.29) is 16.5 Å². The van der Waals surface area contributed by atoms with Crippen LogP contribution in [0.5, 0.6) is 0 Å². The number of sulfonamides is 1. The highest BCUT2D eigenvalue weighted by Gasteiger charge is 2.28. The molecule has 1 aromatic heterocycles. The summed E-state index contributed by atoms with van der Waals surface area (Å²) in [5.41, 5.74) is 10.5. The van der Waals surface area contributed by atoms with Crippen LogP contribution in [-0.2, 0) is 22.9 Å². The van der Waals surface area contributed by atoms with Gasteiger partial charge in [0.25, 0.3) is 11.8 Å². The Kier molecular flexibility index (Phi) is 5.99. The van der Waals surface area contributed by atoms with Crippen LogP contribution in [-0.4, -0.2) is 30.0 Å². The number of hydrogen-bond donors (Lipinski definition) is 3. The SMILES string of the molecule is NC(=O)c1nn(-c2ccc(S(N)(=O)=O)cc2)c2c1CCc1ccc(NC(=O)c3ccccc3Br)cc1-2. The standard InChI is InChI=1S/C25H20BrN5O4S/c26-21-4-2-1-3-18(21)25(33)29-15-7-5-14-6-12-19-22(24(27)32)30-31(23(19)20(14)13-15)16-8-10-17(11-9-16)36(28,34)35/h1-5,7-11,13H,6,12H2,(H2,27,32)(H,29,33)(H2,28,34,35). The third kappa shape index (κ3) is 4.32. The van der Waals surface area contributed by atoms with Gasteiger partial charge in [-0.3, -0.25) is 9.59 Å². The molecule has 5 rings (SSSR count). The summed E-state index contributed by atoms with van der Waals surface area (Å²) in [7, 11) is -3.87. The molecule has 0 fully saturated rings. The molecule has 0 unspecified atom stereocenters. The fourth-order valence-corrected chi connectivity index (χ4v) is 5.30. The minimum absolute atomic E-state index is 0.0418. The Labute approximate surface area is 215 Å². The first-order valence-electron chi connectivity index (χ1n) is 10.9. The van der Waals surface area contributed by atoms with Gasteiger partial charge in [0, 0.05) is 21.3 Å². The van der Waals surface area contributed by atoms with E-state index in [9.17, 15) is 18.0 Å². The summed E-state index contributed by atoms with van der Waals surface area (Å²) >= 11 is 3.40. The average molecular weight is 566 g/mol. The molecule has 3 aromatic carbocycles. The minimum Gasteiger partial charge on any atom is -0.364 e. The van der Waals surface area contributed by atoms with Crippen LogP contribution in [0.25, 0.3) is 16.9 Å². The van der Waals surface area contributed by atoms with Gasteiger partial charge in [0.2, 0.25) is 10.0 Å². The van der Waals surface area contributed by atoms with Gasteiger partial charge in [-0.25, -0.2) is 18.2 Å². The van der Waals surface area contributed by atoms with E-state index in [0.717, 1.165) is 11.1 Å². The minimum atomic E-state index is -3.87. The summed E-state index contributed by atoms with van der Waals surface area (Å²) in [6, 6.07) is 18.6. The van der Waals surface area contributed by atoms with Crippen LogP contribution in [0.1, 0.15) is 32.0 Å². The average Bonchev–Trinajstić information content (AvgIpc) is 3.24. The van der Waals surface area contributed by atoms with Crippen molar-refractivity contribution in [2.75, 3.05) is 5.32 Å². The maximum Gasteiger partial charge on any atom is 0.269 e. The number of nitrogens with zero attached hydrogens (tertiary/aromatic N) is 2. The summed E-state index contributed by atoms with van der Waals surface area (Å²) < 4.78 is 25.6. The molecular formula is C25H20BrN5O4S. The van der Waals surface area contributed by atoms with Crippen molar-refractivity contribution in [3.63, 3.8) is 0 Å². The summed E-state index contributed by atoms with van der Waals surface area (Å²) in [5.74, 6) is -0.934. The molecule has 0 aliphatic heterocycles. The normalized spacial score (nSPS) is 12.5. The largest absolute Gasteiger partial charge is 0.364 e. The number of nitrogens with one attached hydrogen (secondary N) is 1. The van der Waals surface area contributed by atoms with Crippen molar-refractivity contribution in [3.8, 4) is 16.9 Å². The number of benzene rings is 3.